The molecule has 132 valence electrons. The van der Waals surface area contributed by atoms with E-state index >= 15 is 0 Å². The molecule has 1 aromatic carbocycles. The highest BCUT2D eigenvalue weighted by molar-refractivity contribution is 5.93. The number of ether oxygens (including phenoxy) is 1. The van der Waals surface area contributed by atoms with Crippen LogP contribution in [0.4, 0.5) is 5.69 Å². The van der Waals surface area contributed by atoms with Crippen molar-refractivity contribution < 1.29 is 9.53 Å². The van der Waals surface area contributed by atoms with Gasteiger partial charge in [-0.05, 0) is 30.9 Å². The third kappa shape index (κ3) is 4.79. The van der Waals surface area contributed by atoms with Gasteiger partial charge in [0.2, 0.25) is 5.91 Å². The first-order valence-electron chi connectivity index (χ1n) is 9.18. The van der Waals surface area contributed by atoms with Crippen molar-refractivity contribution in [3.8, 4) is 0 Å². The Morgan fingerprint density at radius 1 is 1.21 bits per heavy atom. The fourth-order valence-corrected chi connectivity index (χ4v) is 3.55. The lowest BCUT2D eigenvalue weighted by Crippen LogP contribution is -2.50. The molecule has 2 heterocycles. The number of amides is 1. The van der Waals surface area contributed by atoms with Crippen molar-refractivity contribution in [2.45, 2.75) is 32.3 Å². The quantitative estimate of drug-likeness (QED) is 0.866. The molecule has 0 unspecified atom stereocenters. The van der Waals surface area contributed by atoms with Crippen LogP contribution in [0, 0.1) is 0 Å². The summed E-state index contributed by atoms with van der Waals surface area (Å²) in [6.07, 6.45) is 3.74. The molecule has 3 rings (SSSR count). The topological polar surface area (TPSA) is 44.8 Å². The van der Waals surface area contributed by atoms with Gasteiger partial charge in [-0.15, -0.1) is 0 Å². The van der Waals surface area contributed by atoms with E-state index in [1.807, 2.05) is 18.2 Å². The van der Waals surface area contributed by atoms with Gasteiger partial charge in [0.25, 0.3) is 0 Å². The van der Waals surface area contributed by atoms with Crippen molar-refractivity contribution in [3.05, 3.63) is 29.8 Å². The second-order valence-electron chi connectivity index (χ2n) is 6.77. The van der Waals surface area contributed by atoms with E-state index in [9.17, 15) is 4.79 Å². The molecule has 5 nitrogen and oxygen atoms in total. The summed E-state index contributed by atoms with van der Waals surface area (Å²) in [6, 6.07) is 8.04. The van der Waals surface area contributed by atoms with Crippen molar-refractivity contribution in [2.24, 2.45) is 0 Å². The van der Waals surface area contributed by atoms with Gasteiger partial charge in [-0.2, -0.15) is 0 Å². The van der Waals surface area contributed by atoms with Crippen LogP contribution in [0.25, 0.3) is 0 Å². The molecule has 0 radical (unpaired) electrons. The first-order valence-corrected chi connectivity index (χ1v) is 9.18. The third-order valence-electron chi connectivity index (χ3n) is 4.99. The number of carbonyl (C=O) groups is 1. The lowest BCUT2D eigenvalue weighted by atomic mass is 10.1. The van der Waals surface area contributed by atoms with Crippen molar-refractivity contribution in [1.29, 1.82) is 0 Å². The molecule has 1 atom stereocenters. The summed E-state index contributed by atoms with van der Waals surface area (Å²) in [7, 11) is 0. The molecule has 24 heavy (non-hydrogen) atoms. The molecule has 0 bridgehead atoms. The maximum Gasteiger partial charge on any atom is 0.238 e. The molecule has 0 aromatic heterocycles. The summed E-state index contributed by atoms with van der Waals surface area (Å²) < 4.78 is 5.72. The van der Waals surface area contributed by atoms with Crippen LogP contribution in [-0.2, 0) is 16.0 Å². The van der Waals surface area contributed by atoms with E-state index in [-0.39, 0.29) is 5.91 Å². The predicted molar refractivity (Wildman–Crippen MR) is 96.3 cm³/mol. The number of piperazine rings is 1. The third-order valence-corrected chi connectivity index (χ3v) is 4.99. The lowest BCUT2D eigenvalue weighted by molar-refractivity contribution is -0.117. The van der Waals surface area contributed by atoms with Crippen LogP contribution in [0.1, 0.15) is 25.3 Å². The Morgan fingerprint density at radius 2 is 1.96 bits per heavy atom. The Morgan fingerprint density at radius 3 is 2.67 bits per heavy atom. The Hall–Kier alpha value is -1.43. The second-order valence-corrected chi connectivity index (χ2v) is 6.77. The minimum absolute atomic E-state index is 0.0866. The summed E-state index contributed by atoms with van der Waals surface area (Å²) in [5, 5.41) is 3.06. The zero-order valence-electron chi connectivity index (χ0n) is 14.7. The summed E-state index contributed by atoms with van der Waals surface area (Å²) >= 11 is 0. The van der Waals surface area contributed by atoms with Crippen LogP contribution in [0.15, 0.2) is 24.3 Å². The highest BCUT2D eigenvalue weighted by Crippen LogP contribution is 2.16. The molecule has 1 N–H and O–H groups in total. The second kappa shape index (κ2) is 8.60. The largest absolute Gasteiger partial charge is 0.377 e. The normalized spacial score (nSPS) is 22.6. The summed E-state index contributed by atoms with van der Waals surface area (Å²) in [5.41, 5.74) is 2.13. The minimum Gasteiger partial charge on any atom is -0.377 e. The van der Waals surface area contributed by atoms with Gasteiger partial charge >= 0.3 is 0 Å². The van der Waals surface area contributed by atoms with Crippen LogP contribution >= 0.6 is 0 Å². The fourth-order valence-electron chi connectivity index (χ4n) is 3.55. The molecule has 0 aliphatic carbocycles. The molecule has 0 saturated carbocycles. The molecule has 5 heteroatoms. The van der Waals surface area contributed by atoms with Crippen LogP contribution in [0.2, 0.25) is 0 Å². The smallest absolute Gasteiger partial charge is 0.238 e. The number of hydrogen-bond donors (Lipinski definition) is 1. The van der Waals surface area contributed by atoms with Crippen LogP contribution in [-0.4, -0.2) is 67.7 Å². The van der Waals surface area contributed by atoms with Crippen LogP contribution in [0.3, 0.4) is 0 Å². The molecule has 1 aromatic rings. The highest BCUT2D eigenvalue weighted by atomic mass is 16.5. The van der Waals surface area contributed by atoms with E-state index in [2.05, 4.69) is 28.1 Å². The summed E-state index contributed by atoms with van der Waals surface area (Å²) in [6.45, 7) is 8.51. The molecular formula is C19H29N3O2. The number of aryl methyl sites for hydroxylation is 1. The SMILES string of the molecule is CCc1ccccc1NC(=O)CN1CCN(C[C@@H]2CCCO2)CC1. The van der Waals surface area contributed by atoms with Gasteiger partial charge in [-0.25, -0.2) is 0 Å². The van der Waals surface area contributed by atoms with Crippen molar-refractivity contribution >= 4 is 11.6 Å². The standard InChI is InChI=1S/C19H29N3O2/c1-2-16-6-3-4-8-18(16)20-19(23)15-22-11-9-21(10-12-22)14-17-7-5-13-24-17/h3-4,6,8,17H,2,5,7,9-15H2,1H3,(H,20,23)/t17-/m0/s1. The summed E-state index contributed by atoms with van der Waals surface area (Å²) in [5.74, 6) is 0.0866. The Bertz CT molecular complexity index is 535. The molecular weight excluding hydrogens is 302 g/mol. The molecule has 2 aliphatic rings. The van der Waals surface area contributed by atoms with E-state index in [0.29, 0.717) is 12.6 Å². The number of rotatable bonds is 6. The number of para-hydroxylation sites is 1. The van der Waals surface area contributed by atoms with Crippen molar-refractivity contribution in [1.82, 2.24) is 9.80 Å². The average Bonchev–Trinajstić information content (AvgIpc) is 3.10. The van der Waals surface area contributed by atoms with E-state index in [4.69, 9.17) is 4.74 Å². The van der Waals surface area contributed by atoms with Gasteiger partial charge in [-0.1, -0.05) is 25.1 Å². The van der Waals surface area contributed by atoms with Crippen LogP contribution < -0.4 is 5.32 Å². The number of hydrogen-bond acceptors (Lipinski definition) is 4. The Labute approximate surface area is 145 Å². The van der Waals surface area contributed by atoms with Gasteiger partial charge in [-0.3, -0.25) is 14.6 Å². The average molecular weight is 331 g/mol. The van der Waals surface area contributed by atoms with Gasteiger partial charge in [0.1, 0.15) is 0 Å². The molecule has 2 aliphatic heterocycles. The van der Waals surface area contributed by atoms with Gasteiger partial charge in [0.15, 0.2) is 0 Å². The van der Waals surface area contributed by atoms with Crippen LogP contribution in [0.5, 0.6) is 0 Å². The van der Waals surface area contributed by atoms with E-state index in [0.717, 1.165) is 51.4 Å². The number of carbonyl (C=O) groups excluding carboxylic acids is 1. The summed E-state index contributed by atoms with van der Waals surface area (Å²) in [4.78, 5) is 17.0. The van der Waals surface area contributed by atoms with Gasteiger partial charge in [0, 0.05) is 45.0 Å². The van der Waals surface area contributed by atoms with E-state index in [1.54, 1.807) is 0 Å². The maximum atomic E-state index is 12.3. The number of benzene rings is 1. The Kier molecular flexibility index (Phi) is 6.24. The first kappa shape index (κ1) is 17.4. The Balaban J connectivity index is 1.41. The van der Waals surface area contributed by atoms with Gasteiger partial charge in [0.05, 0.1) is 12.6 Å². The lowest BCUT2D eigenvalue weighted by Gasteiger charge is -2.35. The van der Waals surface area contributed by atoms with Crippen molar-refractivity contribution in [2.75, 3.05) is 51.2 Å². The number of nitrogens with one attached hydrogen (secondary N) is 1. The molecule has 2 fully saturated rings. The number of anilines is 1. The molecule has 1 amide bonds. The zero-order valence-corrected chi connectivity index (χ0v) is 14.7. The predicted octanol–water partition coefficient (Wildman–Crippen LogP) is 1.98. The zero-order chi connectivity index (χ0) is 16.8. The maximum absolute atomic E-state index is 12.3. The highest BCUT2D eigenvalue weighted by Gasteiger charge is 2.23. The van der Waals surface area contributed by atoms with Gasteiger partial charge < -0.3 is 10.1 Å². The van der Waals surface area contributed by atoms with E-state index < -0.39 is 0 Å². The monoisotopic (exact) mass is 331 g/mol. The molecule has 2 saturated heterocycles. The fraction of sp³-hybridized carbons (Fsp3) is 0.632. The van der Waals surface area contributed by atoms with E-state index in [1.165, 1.54) is 18.4 Å². The minimum atomic E-state index is 0.0866. The first-order chi connectivity index (χ1) is 11.7. The van der Waals surface area contributed by atoms with Crippen molar-refractivity contribution in [3.63, 3.8) is 0 Å². The number of nitrogens with zero attached hydrogens (tertiary/aromatic N) is 2. The molecule has 0 spiro atoms.